The van der Waals surface area contributed by atoms with Gasteiger partial charge in [0.2, 0.25) is 0 Å². The van der Waals surface area contributed by atoms with E-state index in [4.69, 9.17) is 0 Å². The van der Waals surface area contributed by atoms with Gasteiger partial charge in [-0.25, -0.2) is 4.98 Å². The van der Waals surface area contributed by atoms with Gasteiger partial charge < -0.3 is 0 Å². The molecule has 1 atom stereocenters. The fourth-order valence-electron chi connectivity index (χ4n) is 1.44. The zero-order chi connectivity index (χ0) is 8.55. The van der Waals surface area contributed by atoms with E-state index in [2.05, 4.69) is 17.0 Å². The van der Waals surface area contributed by atoms with Gasteiger partial charge >= 0.3 is 0 Å². The Kier molecular flexibility index (Phi) is 1.84. The summed E-state index contributed by atoms with van der Waals surface area (Å²) >= 11 is 1.70. The van der Waals surface area contributed by atoms with Crippen LogP contribution < -0.4 is 0 Å². The Morgan fingerprint density at radius 2 is 2.50 bits per heavy atom. The van der Waals surface area contributed by atoms with Gasteiger partial charge in [-0.3, -0.25) is 5.01 Å². The molecule has 1 aromatic rings. The highest BCUT2D eigenvalue weighted by Gasteiger charge is 2.24. The first-order valence-electron chi connectivity index (χ1n) is 3.93. The van der Waals surface area contributed by atoms with Crippen molar-refractivity contribution in [3.8, 4) is 0 Å². The maximum Gasteiger partial charge on any atom is 0.117 e. The van der Waals surface area contributed by atoms with Crippen LogP contribution in [0.5, 0.6) is 0 Å². The minimum absolute atomic E-state index is 0.380. The van der Waals surface area contributed by atoms with E-state index in [0.29, 0.717) is 6.04 Å². The zero-order valence-electron chi connectivity index (χ0n) is 7.19. The molecule has 0 aromatic carbocycles. The summed E-state index contributed by atoms with van der Waals surface area (Å²) in [5.41, 5.74) is 1.19. The summed E-state index contributed by atoms with van der Waals surface area (Å²) in [5, 5.41) is 9.51. The van der Waals surface area contributed by atoms with Crippen molar-refractivity contribution in [3.63, 3.8) is 0 Å². The van der Waals surface area contributed by atoms with E-state index in [9.17, 15) is 0 Å². The van der Waals surface area contributed by atoms with Gasteiger partial charge in [0, 0.05) is 30.8 Å². The van der Waals surface area contributed by atoms with E-state index >= 15 is 0 Å². The van der Waals surface area contributed by atoms with E-state index in [1.165, 1.54) is 5.71 Å². The van der Waals surface area contributed by atoms with Gasteiger partial charge in [-0.2, -0.15) is 5.10 Å². The summed E-state index contributed by atoms with van der Waals surface area (Å²) in [4.78, 5) is 4.29. The van der Waals surface area contributed by atoms with Crippen molar-refractivity contribution in [3.05, 3.63) is 16.6 Å². The lowest BCUT2D eigenvalue weighted by Gasteiger charge is -2.15. The highest BCUT2D eigenvalue weighted by Crippen LogP contribution is 2.29. The number of hydrogen-bond donors (Lipinski definition) is 0. The number of rotatable bonds is 1. The number of thiazole rings is 1. The molecule has 0 bridgehead atoms. The van der Waals surface area contributed by atoms with Crippen LogP contribution in [-0.2, 0) is 0 Å². The molecule has 1 aliphatic heterocycles. The smallest absolute Gasteiger partial charge is 0.117 e. The predicted molar refractivity (Wildman–Crippen MR) is 50.3 cm³/mol. The Morgan fingerprint density at radius 3 is 3.00 bits per heavy atom. The Hall–Kier alpha value is -0.900. The molecule has 0 fully saturated rings. The number of hydrogen-bond acceptors (Lipinski definition) is 4. The van der Waals surface area contributed by atoms with Gasteiger partial charge in [0.25, 0.3) is 0 Å². The minimum atomic E-state index is 0.380. The molecule has 0 N–H and O–H groups in total. The Labute approximate surface area is 75.7 Å². The van der Waals surface area contributed by atoms with Crippen LogP contribution in [-0.4, -0.2) is 22.8 Å². The summed E-state index contributed by atoms with van der Waals surface area (Å²) in [6.07, 6.45) is 2.87. The largest absolute Gasteiger partial charge is 0.290 e. The quantitative estimate of drug-likeness (QED) is 0.662. The molecule has 0 spiro atoms. The second kappa shape index (κ2) is 2.86. The van der Waals surface area contributed by atoms with E-state index < -0.39 is 0 Å². The van der Waals surface area contributed by atoms with Crippen LogP contribution in [0.25, 0.3) is 0 Å². The molecule has 0 amide bonds. The molecule has 0 aliphatic carbocycles. The van der Waals surface area contributed by atoms with Gasteiger partial charge in [0.05, 0.1) is 0 Å². The fraction of sp³-hybridized carbons (Fsp3) is 0.500. The minimum Gasteiger partial charge on any atom is -0.290 e. The second-order valence-electron chi connectivity index (χ2n) is 3.00. The Bertz CT molecular complexity index is 291. The van der Waals surface area contributed by atoms with Crippen LogP contribution in [0.3, 0.4) is 0 Å². The van der Waals surface area contributed by atoms with E-state index in [0.717, 1.165) is 11.4 Å². The molecule has 2 rings (SSSR count). The van der Waals surface area contributed by atoms with Crippen molar-refractivity contribution in [1.29, 1.82) is 0 Å². The third kappa shape index (κ3) is 1.22. The van der Waals surface area contributed by atoms with Gasteiger partial charge in [0.15, 0.2) is 0 Å². The third-order valence-corrected chi connectivity index (χ3v) is 2.88. The molecule has 0 saturated carbocycles. The van der Waals surface area contributed by atoms with Crippen molar-refractivity contribution in [2.45, 2.75) is 19.4 Å². The molecular formula is C8H11N3S. The monoisotopic (exact) mass is 181 g/mol. The SMILES string of the molecule is CC1=NN(C)C(c2nccs2)C1. The van der Waals surface area contributed by atoms with E-state index in [-0.39, 0.29) is 0 Å². The fourth-order valence-corrected chi connectivity index (χ4v) is 2.21. The summed E-state index contributed by atoms with van der Waals surface area (Å²) in [5.74, 6) is 0. The summed E-state index contributed by atoms with van der Waals surface area (Å²) in [7, 11) is 2.00. The lowest BCUT2D eigenvalue weighted by molar-refractivity contribution is 0.289. The zero-order valence-corrected chi connectivity index (χ0v) is 8.01. The van der Waals surface area contributed by atoms with Gasteiger partial charge in [-0.1, -0.05) is 0 Å². The van der Waals surface area contributed by atoms with Crippen molar-refractivity contribution < 1.29 is 0 Å². The number of hydrazone groups is 1. The van der Waals surface area contributed by atoms with Crippen LogP contribution in [0.15, 0.2) is 16.7 Å². The predicted octanol–water partition coefficient (Wildman–Crippen LogP) is 1.90. The molecule has 64 valence electrons. The van der Waals surface area contributed by atoms with Gasteiger partial charge in [-0.05, 0) is 6.92 Å². The summed E-state index contributed by atoms with van der Waals surface area (Å²) in [6.45, 7) is 2.06. The first kappa shape index (κ1) is 7.73. The molecule has 3 nitrogen and oxygen atoms in total. The average molecular weight is 181 g/mol. The molecule has 12 heavy (non-hydrogen) atoms. The number of nitrogens with zero attached hydrogens (tertiary/aromatic N) is 3. The standard InChI is InChI=1S/C8H11N3S/c1-6-5-7(11(2)10-6)8-9-3-4-12-8/h3-4,7H,5H2,1-2H3. The molecule has 2 heterocycles. The maximum absolute atomic E-state index is 4.34. The van der Waals surface area contributed by atoms with Crippen LogP contribution in [0.1, 0.15) is 24.4 Å². The van der Waals surface area contributed by atoms with Crippen LogP contribution in [0, 0.1) is 0 Å². The molecule has 1 aliphatic rings. The van der Waals surface area contributed by atoms with Crippen molar-refractivity contribution in [2.75, 3.05) is 7.05 Å². The normalized spacial score (nSPS) is 23.0. The maximum atomic E-state index is 4.34. The Morgan fingerprint density at radius 1 is 1.67 bits per heavy atom. The Balaban J connectivity index is 2.19. The molecular weight excluding hydrogens is 170 g/mol. The lowest BCUT2D eigenvalue weighted by atomic mass is 10.2. The summed E-state index contributed by atoms with van der Waals surface area (Å²) in [6, 6.07) is 0.380. The number of aromatic nitrogens is 1. The lowest BCUT2D eigenvalue weighted by Crippen LogP contribution is -2.13. The molecule has 4 heteroatoms. The molecule has 0 radical (unpaired) electrons. The van der Waals surface area contributed by atoms with Crippen molar-refractivity contribution >= 4 is 17.0 Å². The summed E-state index contributed by atoms with van der Waals surface area (Å²) < 4.78 is 0. The molecule has 0 saturated heterocycles. The van der Waals surface area contributed by atoms with Crippen LogP contribution in [0.2, 0.25) is 0 Å². The van der Waals surface area contributed by atoms with Crippen LogP contribution in [0.4, 0.5) is 0 Å². The van der Waals surface area contributed by atoms with E-state index in [1.807, 2.05) is 23.6 Å². The van der Waals surface area contributed by atoms with Crippen molar-refractivity contribution in [2.24, 2.45) is 5.10 Å². The molecule has 1 aromatic heterocycles. The van der Waals surface area contributed by atoms with Crippen molar-refractivity contribution in [1.82, 2.24) is 9.99 Å². The van der Waals surface area contributed by atoms with Gasteiger partial charge in [0.1, 0.15) is 11.0 Å². The third-order valence-electron chi connectivity index (χ3n) is 2.00. The highest BCUT2D eigenvalue weighted by atomic mass is 32.1. The second-order valence-corrected chi connectivity index (χ2v) is 3.93. The van der Waals surface area contributed by atoms with E-state index in [1.54, 1.807) is 11.3 Å². The van der Waals surface area contributed by atoms with Gasteiger partial charge in [-0.15, -0.1) is 11.3 Å². The highest BCUT2D eigenvalue weighted by molar-refractivity contribution is 7.09. The molecule has 1 unspecified atom stereocenters. The average Bonchev–Trinajstić information content (AvgIpc) is 2.58. The first-order valence-corrected chi connectivity index (χ1v) is 4.81. The van der Waals surface area contributed by atoms with Crippen LogP contribution >= 0.6 is 11.3 Å². The topological polar surface area (TPSA) is 28.5 Å². The first-order chi connectivity index (χ1) is 5.77.